The molecule has 29 heavy (non-hydrogen) atoms. The summed E-state index contributed by atoms with van der Waals surface area (Å²) >= 11 is 1.26. The van der Waals surface area contributed by atoms with E-state index < -0.39 is 10.0 Å². The molecule has 1 N–H and O–H groups in total. The molecule has 2 heterocycles. The number of hydrogen-bond donors (Lipinski definition) is 1. The lowest BCUT2D eigenvalue weighted by Gasteiger charge is -2.18. The highest BCUT2D eigenvalue weighted by Crippen LogP contribution is 2.48. The van der Waals surface area contributed by atoms with Crippen molar-refractivity contribution in [3.8, 4) is 21.9 Å². The fourth-order valence-corrected chi connectivity index (χ4v) is 6.40. The molecule has 0 unspecified atom stereocenters. The van der Waals surface area contributed by atoms with Crippen molar-refractivity contribution in [2.75, 3.05) is 13.2 Å². The summed E-state index contributed by atoms with van der Waals surface area (Å²) in [6, 6.07) is 19.2. The highest BCUT2D eigenvalue weighted by molar-refractivity contribution is 7.91. The Labute approximate surface area is 174 Å². The third kappa shape index (κ3) is 3.43. The van der Waals surface area contributed by atoms with Gasteiger partial charge in [0.05, 0.1) is 0 Å². The predicted molar refractivity (Wildman–Crippen MR) is 113 cm³/mol. The second-order valence-electron chi connectivity index (χ2n) is 7.64. The van der Waals surface area contributed by atoms with Crippen molar-refractivity contribution in [1.29, 1.82) is 0 Å². The van der Waals surface area contributed by atoms with Gasteiger partial charge in [-0.25, -0.2) is 13.1 Å². The van der Waals surface area contributed by atoms with Crippen molar-refractivity contribution in [1.82, 2.24) is 4.72 Å². The topological polar surface area (TPSA) is 64.6 Å². The van der Waals surface area contributed by atoms with Crippen LogP contribution in [-0.4, -0.2) is 27.7 Å². The molecule has 2 atom stereocenters. The molecule has 1 aromatic heterocycles. The first-order chi connectivity index (χ1) is 14.0. The Balaban J connectivity index is 1.35. The SMILES string of the molecule is C[C@]1(c2ccccc2)C[C@@H]1NS(=O)(=O)c1ccc(-c2ccc3c(c2)OCCO3)s1. The average Bonchev–Trinajstić information content (AvgIpc) is 3.16. The Morgan fingerprint density at radius 1 is 1.00 bits per heavy atom. The maximum absolute atomic E-state index is 12.9. The average molecular weight is 428 g/mol. The van der Waals surface area contributed by atoms with E-state index in [2.05, 4.69) is 23.8 Å². The van der Waals surface area contributed by atoms with E-state index in [9.17, 15) is 8.42 Å². The van der Waals surface area contributed by atoms with Gasteiger partial charge in [0.2, 0.25) is 10.0 Å². The van der Waals surface area contributed by atoms with Crippen molar-refractivity contribution < 1.29 is 17.9 Å². The number of fused-ring (bicyclic) bond motifs is 1. The van der Waals surface area contributed by atoms with Crippen LogP contribution in [0.2, 0.25) is 0 Å². The predicted octanol–water partition coefficient (Wildman–Crippen LogP) is 4.19. The standard InChI is InChI=1S/C22H21NO4S2/c1-22(16-5-3-2-4-6-16)14-20(22)23-29(24,25)21-10-9-19(28-21)15-7-8-17-18(13-15)27-12-11-26-17/h2-10,13,20,23H,11-12,14H2,1H3/t20-,22+/m0/s1. The van der Waals surface area contributed by atoms with Gasteiger partial charge in [-0.05, 0) is 47.9 Å². The summed E-state index contributed by atoms with van der Waals surface area (Å²) in [4.78, 5) is 0.879. The molecular formula is C22H21NO4S2. The fraction of sp³-hybridized carbons (Fsp3) is 0.273. The van der Waals surface area contributed by atoms with Crippen LogP contribution in [0, 0.1) is 0 Å². The smallest absolute Gasteiger partial charge is 0.250 e. The molecule has 150 valence electrons. The number of ether oxygens (including phenoxy) is 2. The minimum atomic E-state index is -3.57. The Bertz CT molecular complexity index is 1160. The lowest BCUT2D eigenvalue weighted by molar-refractivity contribution is 0.171. The van der Waals surface area contributed by atoms with Crippen molar-refractivity contribution in [2.45, 2.75) is 29.0 Å². The van der Waals surface area contributed by atoms with Gasteiger partial charge in [0, 0.05) is 16.3 Å². The highest BCUT2D eigenvalue weighted by atomic mass is 32.2. The van der Waals surface area contributed by atoms with E-state index in [4.69, 9.17) is 9.47 Å². The number of hydrogen-bond acceptors (Lipinski definition) is 5. The molecule has 3 aromatic rings. The molecule has 2 aliphatic rings. The minimum absolute atomic E-state index is 0.0882. The quantitative estimate of drug-likeness (QED) is 0.663. The molecule has 1 fully saturated rings. The zero-order valence-electron chi connectivity index (χ0n) is 15.9. The van der Waals surface area contributed by atoms with Crippen LogP contribution in [-0.2, 0) is 15.4 Å². The van der Waals surface area contributed by atoms with Gasteiger partial charge in [-0.3, -0.25) is 0 Å². The van der Waals surface area contributed by atoms with Gasteiger partial charge in [-0.15, -0.1) is 11.3 Å². The maximum Gasteiger partial charge on any atom is 0.250 e. The highest BCUT2D eigenvalue weighted by Gasteiger charge is 2.53. The molecule has 1 aliphatic carbocycles. The Morgan fingerprint density at radius 2 is 1.76 bits per heavy atom. The molecule has 2 aromatic carbocycles. The van der Waals surface area contributed by atoms with Gasteiger partial charge < -0.3 is 9.47 Å². The third-order valence-corrected chi connectivity index (χ3v) is 8.74. The van der Waals surface area contributed by atoms with Gasteiger partial charge in [0.25, 0.3) is 0 Å². The number of nitrogens with one attached hydrogen (secondary N) is 1. The van der Waals surface area contributed by atoms with Crippen LogP contribution in [0.3, 0.4) is 0 Å². The summed E-state index contributed by atoms with van der Waals surface area (Å²) in [7, 11) is -3.57. The van der Waals surface area contributed by atoms with E-state index >= 15 is 0 Å². The van der Waals surface area contributed by atoms with E-state index in [1.807, 2.05) is 42.5 Å². The first-order valence-corrected chi connectivity index (χ1v) is 11.8. The number of thiophene rings is 1. The Kier molecular flexibility index (Phi) is 4.42. The van der Waals surface area contributed by atoms with Crippen molar-refractivity contribution >= 4 is 21.4 Å². The van der Waals surface area contributed by atoms with E-state index in [1.54, 1.807) is 6.07 Å². The minimum Gasteiger partial charge on any atom is -0.486 e. The summed E-state index contributed by atoms with van der Waals surface area (Å²) < 4.78 is 40.3. The summed E-state index contributed by atoms with van der Waals surface area (Å²) in [5.74, 6) is 1.42. The van der Waals surface area contributed by atoms with Gasteiger partial charge in [0.1, 0.15) is 17.4 Å². The molecule has 1 saturated carbocycles. The molecule has 0 bridgehead atoms. The third-order valence-electron chi connectivity index (χ3n) is 5.64. The first-order valence-electron chi connectivity index (χ1n) is 9.53. The van der Waals surface area contributed by atoms with Crippen molar-refractivity contribution in [3.63, 3.8) is 0 Å². The second kappa shape index (κ2) is 6.86. The van der Waals surface area contributed by atoms with E-state index in [0.717, 1.165) is 28.2 Å². The van der Waals surface area contributed by atoms with Crippen LogP contribution >= 0.6 is 11.3 Å². The first kappa shape index (κ1) is 18.7. The Hall–Kier alpha value is -2.35. The summed E-state index contributed by atoms with van der Waals surface area (Å²) in [5, 5.41) is 0. The van der Waals surface area contributed by atoms with Crippen molar-refractivity contribution in [3.05, 3.63) is 66.2 Å². The van der Waals surface area contributed by atoms with Crippen LogP contribution in [0.1, 0.15) is 18.9 Å². The molecule has 0 amide bonds. The summed E-state index contributed by atoms with van der Waals surface area (Å²) in [6.45, 7) is 3.17. The van der Waals surface area contributed by atoms with Gasteiger partial charge in [-0.1, -0.05) is 37.3 Å². The second-order valence-corrected chi connectivity index (χ2v) is 10.7. The van der Waals surface area contributed by atoms with E-state index in [-0.39, 0.29) is 11.5 Å². The molecule has 5 nitrogen and oxygen atoms in total. The normalized spacial score (nSPS) is 23.0. The van der Waals surface area contributed by atoms with Crippen LogP contribution in [0.25, 0.3) is 10.4 Å². The van der Waals surface area contributed by atoms with Gasteiger partial charge >= 0.3 is 0 Å². The number of benzene rings is 2. The maximum atomic E-state index is 12.9. The monoisotopic (exact) mass is 427 g/mol. The van der Waals surface area contributed by atoms with E-state index in [1.165, 1.54) is 11.3 Å². The van der Waals surface area contributed by atoms with Crippen molar-refractivity contribution in [2.24, 2.45) is 0 Å². The molecule has 0 saturated heterocycles. The van der Waals surface area contributed by atoms with Crippen LogP contribution in [0.4, 0.5) is 0 Å². The molecule has 0 spiro atoms. The lowest BCUT2D eigenvalue weighted by Crippen LogP contribution is -2.29. The summed E-state index contributed by atoms with van der Waals surface area (Å²) in [6.07, 6.45) is 0.802. The zero-order valence-corrected chi connectivity index (χ0v) is 17.6. The number of sulfonamides is 1. The number of rotatable bonds is 5. The summed E-state index contributed by atoms with van der Waals surface area (Å²) in [5.41, 5.74) is 1.93. The van der Waals surface area contributed by atoms with Gasteiger partial charge in [-0.2, -0.15) is 0 Å². The van der Waals surface area contributed by atoms with Crippen LogP contribution < -0.4 is 14.2 Å². The van der Waals surface area contributed by atoms with Gasteiger partial charge in [0.15, 0.2) is 11.5 Å². The molecule has 7 heteroatoms. The Morgan fingerprint density at radius 3 is 2.55 bits per heavy atom. The fourth-order valence-electron chi connectivity index (χ4n) is 3.74. The molecule has 5 rings (SSSR count). The molecule has 0 radical (unpaired) electrons. The van der Waals surface area contributed by atoms with Crippen LogP contribution in [0.5, 0.6) is 11.5 Å². The largest absolute Gasteiger partial charge is 0.486 e. The zero-order chi connectivity index (χ0) is 20.1. The van der Waals surface area contributed by atoms with E-state index in [0.29, 0.717) is 23.2 Å². The molecular weight excluding hydrogens is 406 g/mol. The lowest BCUT2D eigenvalue weighted by atomic mass is 9.98. The molecule has 1 aliphatic heterocycles. The van der Waals surface area contributed by atoms with Crippen LogP contribution in [0.15, 0.2) is 64.9 Å².